The van der Waals surface area contributed by atoms with E-state index in [9.17, 15) is 13.2 Å². The van der Waals surface area contributed by atoms with Gasteiger partial charge in [0, 0.05) is 29.9 Å². The number of thiazole rings is 1. The Kier molecular flexibility index (Phi) is 9.07. The number of rotatable bonds is 8. The van der Waals surface area contributed by atoms with Crippen molar-refractivity contribution in [3.63, 3.8) is 0 Å². The molecule has 0 aliphatic rings. The maximum atomic E-state index is 13.4. The van der Waals surface area contributed by atoms with Gasteiger partial charge in [0.25, 0.3) is 5.91 Å². The zero-order valence-electron chi connectivity index (χ0n) is 18.5. The Bertz CT molecular complexity index is 1190. The smallest absolute Gasteiger partial charge is 0.260 e. The molecular formula is C22H27Cl2N3O3S2. The van der Waals surface area contributed by atoms with E-state index < -0.39 is 9.84 Å². The Morgan fingerprint density at radius 1 is 1.06 bits per heavy atom. The van der Waals surface area contributed by atoms with Gasteiger partial charge in [0.2, 0.25) is 0 Å². The lowest BCUT2D eigenvalue weighted by atomic mass is 10.2. The van der Waals surface area contributed by atoms with E-state index in [1.165, 1.54) is 23.5 Å². The molecule has 174 valence electrons. The van der Waals surface area contributed by atoms with Crippen molar-refractivity contribution in [2.45, 2.75) is 25.7 Å². The Morgan fingerprint density at radius 3 is 2.25 bits per heavy atom. The second-order valence-corrected chi connectivity index (χ2v) is 10.7. The first kappa shape index (κ1) is 26.5. The predicted molar refractivity (Wildman–Crippen MR) is 136 cm³/mol. The number of aromatic nitrogens is 1. The summed E-state index contributed by atoms with van der Waals surface area (Å²) in [6.07, 6.45) is 1.15. The first-order chi connectivity index (χ1) is 14.7. The van der Waals surface area contributed by atoms with Crippen LogP contribution < -0.4 is 4.90 Å². The first-order valence-corrected chi connectivity index (χ1v) is 13.1. The molecular weight excluding hydrogens is 489 g/mol. The fraction of sp³-hybridized carbons (Fsp3) is 0.364. The molecule has 1 amide bonds. The van der Waals surface area contributed by atoms with E-state index in [-0.39, 0.29) is 23.2 Å². The number of fused-ring (bicyclic) bond motifs is 1. The van der Waals surface area contributed by atoms with Crippen molar-refractivity contribution < 1.29 is 13.2 Å². The van der Waals surface area contributed by atoms with Crippen LogP contribution in [0, 0.1) is 6.92 Å². The van der Waals surface area contributed by atoms with E-state index in [1.807, 2.05) is 19.1 Å². The number of hydrogen-bond acceptors (Lipinski definition) is 6. The van der Waals surface area contributed by atoms with Crippen LogP contribution in [0.3, 0.4) is 0 Å². The van der Waals surface area contributed by atoms with Gasteiger partial charge in [0.1, 0.15) is 0 Å². The van der Waals surface area contributed by atoms with Crippen LogP contribution in [0.25, 0.3) is 10.2 Å². The quantitative estimate of drug-likeness (QED) is 0.418. The van der Waals surface area contributed by atoms with Crippen molar-refractivity contribution in [2.75, 3.05) is 37.3 Å². The molecule has 3 rings (SSSR count). The van der Waals surface area contributed by atoms with Gasteiger partial charge in [0.05, 0.1) is 15.1 Å². The van der Waals surface area contributed by atoms with Crippen LogP contribution in [0.2, 0.25) is 5.02 Å². The zero-order chi connectivity index (χ0) is 22.8. The number of carbonyl (C=O) groups excluding carboxylic acids is 1. The van der Waals surface area contributed by atoms with Crippen molar-refractivity contribution >= 4 is 66.4 Å². The normalized spacial score (nSPS) is 11.6. The van der Waals surface area contributed by atoms with Gasteiger partial charge in [-0.3, -0.25) is 9.69 Å². The highest BCUT2D eigenvalue weighted by Gasteiger charge is 2.23. The molecule has 0 saturated carbocycles. The molecule has 10 heteroatoms. The van der Waals surface area contributed by atoms with Gasteiger partial charge in [-0.05, 0) is 62.0 Å². The molecule has 2 aromatic carbocycles. The molecule has 0 N–H and O–H groups in total. The van der Waals surface area contributed by atoms with Gasteiger partial charge >= 0.3 is 0 Å². The van der Waals surface area contributed by atoms with Gasteiger partial charge < -0.3 is 4.90 Å². The van der Waals surface area contributed by atoms with E-state index in [1.54, 1.807) is 17.0 Å². The maximum absolute atomic E-state index is 13.4. The average molecular weight is 517 g/mol. The number of sulfone groups is 1. The van der Waals surface area contributed by atoms with E-state index in [0.29, 0.717) is 28.8 Å². The van der Waals surface area contributed by atoms with Crippen LogP contribution >= 0.6 is 35.3 Å². The molecule has 0 saturated heterocycles. The molecule has 0 unspecified atom stereocenters. The summed E-state index contributed by atoms with van der Waals surface area (Å²) >= 11 is 7.70. The Hall–Kier alpha value is -1.71. The molecule has 0 bridgehead atoms. The van der Waals surface area contributed by atoms with Gasteiger partial charge in [-0.25, -0.2) is 13.4 Å². The third kappa shape index (κ3) is 5.80. The van der Waals surface area contributed by atoms with E-state index in [0.717, 1.165) is 35.1 Å². The highest BCUT2D eigenvalue weighted by Crippen LogP contribution is 2.34. The summed E-state index contributed by atoms with van der Waals surface area (Å²) in [5, 5.41) is 1.24. The minimum Gasteiger partial charge on any atom is -0.302 e. The molecule has 6 nitrogen and oxygen atoms in total. The summed E-state index contributed by atoms with van der Waals surface area (Å²) in [7, 11) is -3.33. The Morgan fingerprint density at radius 2 is 1.69 bits per heavy atom. The fourth-order valence-electron chi connectivity index (χ4n) is 3.27. The van der Waals surface area contributed by atoms with E-state index in [2.05, 4.69) is 18.7 Å². The molecule has 1 heterocycles. The second kappa shape index (κ2) is 10.9. The second-order valence-electron chi connectivity index (χ2n) is 7.30. The molecule has 0 aliphatic heterocycles. The molecule has 0 fully saturated rings. The summed E-state index contributed by atoms with van der Waals surface area (Å²) in [4.78, 5) is 22.2. The molecule has 0 aliphatic carbocycles. The third-order valence-electron chi connectivity index (χ3n) is 5.28. The highest BCUT2D eigenvalue weighted by atomic mass is 35.5. The molecule has 0 spiro atoms. The van der Waals surface area contributed by atoms with E-state index >= 15 is 0 Å². The van der Waals surface area contributed by atoms with Crippen LogP contribution in [0.5, 0.6) is 0 Å². The third-order valence-corrected chi connectivity index (χ3v) is 7.86. The number of hydrogen-bond donors (Lipinski definition) is 0. The van der Waals surface area contributed by atoms with Crippen molar-refractivity contribution in [1.82, 2.24) is 9.88 Å². The van der Waals surface area contributed by atoms with Crippen LogP contribution in [0.4, 0.5) is 5.13 Å². The SMILES string of the molecule is CCN(CC)CCN(C(=O)c1ccc(S(C)(=O)=O)cc1)c1nc2c(C)c(Cl)ccc2s1.Cl. The van der Waals surface area contributed by atoms with Crippen LogP contribution in [-0.4, -0.2) is 56.6 Å². The van der Waals surface area contributed by atoms with Crippen molar-refractivity contribution in [1.29, 1.82) is 0 Å². The van der Waals surface area contributed by atoms with Gasteiger partial charge in [-0.2, -0.15) is 0 Å². The molecule has 32 heavy (non-hydrogen) atoms. The average Bonchev–Trinajstić information content (AvgIpc) is 3.18. The minimum atomic E-state index is -3.33. The molecule has 0 radical (unpaired) electrons. The van der Waals surface area contributed by atoms with Crippen LogP contribution in [-0.2, 0) is 9.84 Å². The molecule has 3 aromatic rings. The van der Waals surface area contributed by atoms with Crippen molar-refractivity contribution in [3.05, 3.63) is 52.5 Å². The lowest BCUT2D eigenvalue weighted by Gasteiger charge is -2.24. The number of likely N-dealkylation sites (N-methyl/N-ethyl adjacent to an activating group) is 1. The van der Waals surface area contributed by atoms with Crippen molar-refractivity contribution in [3.8, 4) is 0 Å². The number of nitrogens with zero attached hydrogens (tertiary/aromatic N) is 3. The van der Waals surface area contributed by atoms with Crippen LogP contribution in [0.15, 0.2) is 41.3 Å². The predicted octanol–water partition coefficient (Wildman–Crippen LogP) is 5.07. The van der Waals surface area contributed by atoms with Crippen LogP contribution in [0.1, 0.15) is 29.8 Å². The lowest BCUT2D eigenvalue weighted by Crippen LogP contribution is -2.38. The van der Waals surface area contributed by atoms with Gasteiger partial charge in [0.15, 0.2) is 15.0 Å². The summed E-state index contributed by atoms with van der Waals surface area (Å²) in [5.74, 6) is -0.213. The maximum Gasteiger partial charge on any atom is 0.260 e. The lowest BCUT2D eigenvalue weighted by molar-refractivity contribution is 0.0983. The Balaban J connectivity index is 0.00000363. The van der Waals surface area contributed by atoms with Gasteiger partial charge in [-0.15, -0.1) is 12.4 Å². The number of benzene rings is 2. The number of carbonyl (C=O) groups is 1. The highest BCUT2D eigenvalue weighted by molar-refractivity contribution is 7.90. The summed E-state index contributed by atoms with van der Waals surface area (Å²) < 4.78 is 24.5. The first-order valence-electron chi connectivity index (χ1n) is 10.1. The number of amides is 1. The van der Waals surface area contributed by atoms with E-state index in [4.69, 9.17) is 16.6 Å². The Labute approximate surface area is 204 Å². The van der Waals surface area contributed by atoms with Gasteiger partial charge in [-0.1, -0.05) is 36.8 Å². The number of anilines is 1. The monoisotopic (exact) mass is 515 g/mol. The number of halogens is 2. The zero-order valence-corrected chi connectivity index (χ0v) is 21.7. The molecule has 0 atom stereocenters. The largest absolute Gasteiger partial charge is 0.302 e. The summed E-state index contributed by atoms with van der Waals surface area (Å²) in [5.41, 5.74) is 2.09. The molecule has 1 aromatic heterocycles. The summed E-state index contributed by atoms with van der Waals surface area (Å²) in [6, 6.07) is 9.80. The summed E-state index contributed by atoms with van der Waals surface area (Å²) in [6.45, 7) is 9.04. The number of aryl methyl sites for hydroxylation is 1. The standard InChI is InChI=1S/C22H26ClN3O3S2.ClH/c1-5-25(6-2)13-14-26(21(27)16-7-9-17(10-8-16)31(4,28)29)22-24-20-15(3)18(23)11-12-19(20)30-22;/h7-12H,5-6,13-14H2,1-4H3;1H. The fourth-order valence-corrected chi connectivity index (χ4v) is 5.10. The minimum absolute atomic E-state index is 0. The van der Waals surface area contributed by atoms with Crippen molar-refractivity contribution in [2.24, 2.45) is 0 Å². The topological polar surface area (TPSA) is 70.6 Å².